The summed E-state index contributed by atoms with van der Waals surface area (Å²) in [5.41, 5.74) is 0. The molecule has 0 spiro atoms. The number of aromatic nitrogens is 1. The predicted octanol–water partition coefficient (Wildman–Crippen LogP) is 1.72. The molecular weight excluding hydrogens is 360 g/mol. The van der Waals surface area contributed by atoms with Gasteiger partial charge in [0, 0.05) is 18.5 Å². The summed E-state index contributed by atoms with van der Waals surface area (Å²) in [4.78, 5) is 16.2. The summed E-state index contributed by atoms with van der Waals surface area (Å²) in [5, 5.41) is 5.55. The Morgan fingerprint density at radius 3 is 2.42 bits per heavy atom. The van der Waals surface area contributed by atoms with Gasteiger partial charge < -0.3 is 29.0 Å². The maximum atomic E-state index is 11.8. The number of rotatable bonds is 3. The zero-order valence-corrected chi connectivity index (χ0v) is 16.2. The molecule has 0 unspecified atom stereocenters. The van der Waals surface area contributed by atoms with Gasteiger partial charge in [-0.05, 0) is 27.7 Å². The van der Waals surface area contributed by atoms with E-state index in [1.807, 2.05) is 33.1 Å². The number of carbonyl (C=O) groups excluding carboxylic acids is 1. The highest BCUT2D eigenvalue weighted by molar-refractivity contribution is 7.09. The minimum absolute atomic E-state index is 0.172. The molecule has 1 amide bonds. The molecule has 1 aromatic heterocycles. The van der Waals surface area contributed by atoms with Crippen molar-refractivity contribution >= 4 is 17.2 Å². The largest absolute Gasteiger partial charge is 0.344 e. The molecule has 0 bridgehead atoms. The van der Waals surface area contributed by atoms with E-state index < -0.39 is 42.2 Å². The zero-order valence-electron chi connectivity index (χ0n) is 15.4. The molecule has 0 aromatic carbocycles. The summed E-state index contributed by atoms with van der Waals surface area (Å²) in [6.45, 7) is 8.86. The summed E-state index contributed by atoms with van der Waals surface area (Å²) < 4.78 is 30.4. The summed E-state index contributed by atoms with van der Waals surface area (Å²) in [6, 6.07) is -0.467. The first-order valence-electron chi connectivity index (χ1n) is 8.68. The van der Waals surface area contributed by atoms with Gasteiger partial charge in [-0.1, -0.05) is 0 Å². The van der Waals surface area contributed by atoms with Crippen molar-refractivity contribution in [2.75, 3.05) is 0 Å². The number of carbonyl (C=O) groups is 1. The molecule has 3 aliphatic heterocycles. The van der Waals surface area contributed by atoms with Crippen LogP contribution < -0.4 is 5.32 Å². The number of fused-ring (bicyclic) bond motifs is 3. The maximum Gasteiger partial charge on any atom is 0.217 e. The van der Waals surface area contributed by atoms with Crippen molar-refractivity contribution in [3.8, 4) is 0 Å². The number of nitrogens with zero attached hydrogens (tertiary/aromatic N) is 1. The van der Waals surface area contributed by atoms with E-state index in [-0.39, 0.29) is 12.0 Å². The van der Waals surface area contributed by atoms with Gasteiger partial charge in [-0.15, -0.1) is 11.3 Å². The molecule has 0 radical (unpaired) electrons. The van der Waals surface area contributed by atoms with Crippen LogP contribution in [0.2, 0.25) is 0 Å². The molecule has 4 heterocycles. The van der Waals surface area contributed by atoms with Crippen LogP contribution in [0.15, 0.2) is 11.6 Å². The van der Waals surface area contributed by atoms with Gasteiger partial charge in [0.15, 0.2) is 17.9 Å². The van der Waals surface area contributed by atoms with Crippen molar-refractivity contribution in [3.63, 3.8) is 0 Å². The lowest BCUT2D eigenvalue weighted by Gasteiger charge is -2.40. The smallest absolute Gasteiger partial charge is 0.217 e. The third kappa shape index (κ3) is 3.28. The molecule has 0 saturated carbocycles. The zero-order chi connectivity index (χ0) is 18.7. The van der Waals surface area contributed by atoms with Crippen LogP contribution in [-0.2, 0) is 28.5 Å². The molecule has 0 aliphatic carbocycles. The topological polar surface area (TPSA) is 88.1 Å². The molecule has 144 valence electrons. The fourth-order valence-electron chi connectivity index (χ4n) is 3.80. The first-order chi connectivity index (χ1) is 12.2. The Morgan fingerprint density at radius 2 is 1.77 bits per heavy atom. The van der Waals surface area contributed by atoms with Crippen molar-refractivity contribution < 1.29 is 28.5 Å². The minimum atomic E-state index is -0.786. The molecule has 1 N–H and O–H groups in total. The normalized spacial score (nSPS) is 38.4. The van der Waals surface area contributed by atoms with Crippen LogP contribution in [0.5, 0.6) is 0 Å². The second-order valence-corrected chi connectivity index (χ2v) is 8.61. The van der Waals surface area contributed by atoms with Crippen LogP contribution in [0.3, 0.4) is 0 Å². The van der Waals surface area contributed by atoms with Crippen LogP contribution in [0.25, 0.3) is 0 Å². The first-order valence-corrected chi connectivity index (χ1v) is 9.56. The minimum Gasteiger partial charge on any atom is -0.344 e. The first kappa shape index (κ1) is 18.3. The van der Waals surface area contributed by atoms with Crippen LogP contribution >= 0.6 is 11.3 Å². The predicted molar refractivity (Wildman–Crippen MR) is 91.2 cm³/mol. The second-order valence-electron chi connectivity index (χ2n) is 7.68. The highest BCUT2D eigenvalue weighted by Crippen LogP contribution is 2.46. The van der Waals surface area contributed by atoms with Crippen molar-refractivity contribution in [2.24, 2.45) is 0 Å². The summed E-state index contributed by atoms with van der Waals surface area (Å²) in [6.07, 6.45) is -0.620. The number of amides is 1. The van der Waals surface area contributed by atoms with E-state index in [1.54, 1.807) is 6.20 Å². The Hall–Kier alpha value is -1.10. The Morgan fingerprint density at radius 1 is 1.12 bits per heavy atom. The number of ether oxygens (including phenoxy) is 5. The van der Waals surface area contributed by atoms with Crippen molar-refractivity contribution in [1.29, 1.82) is 0 Å². The van der Waals surface area contributed by atoms with Crippen LogP contribution in [0.4, 0.5) is 0 Å². The van der Waals surface area contributed by atoms with Crippen molar-refractivity contribution in [3.05, 3.63) is 16.6 Å². The third-order valence-electron chi connectivity index (χ3n) is 4.60. The summed E-state index contributed by atoms with van der Waals surface area (Å²) in [5.74, 6) is -1.74. The Kier molecular flexibility index (Phi) is 4.37. The number of hydrogen-bond donors (Lipinski definition) is 1. The monoisotopic (exact) mass is 384 g/mol. The van der Waals surface area contributed by atoms with Crippen molar-refractivity contribution in [2.45, 2.75) is 82.9 Å². The third-order valence-corrected chi connectivity index (χ3v) is 5.45. The molecule has 6 atom stereocenters. The average Bonchev–Trinajstić information content (AvgIpc) is 3.19. The Bertz CT molecular complexity index is 679. The standard InChI is InChI=1S/C17H24N2O6S/c1-8(20)19-9(14-18-6-7-26-14)10-11-12(23-16(2,3)22-11)13-15(21-10)25-17(4,5)24-13/h6-7,9-13,15H,1-5H3,(H,19,20)/t9-,10-,11+,12+,13-,15+/m1/s1. The van der Waals surface area contributed by atoms with Gasteiger partial charge in [0.25, 0.3) is 0 Å². The van der Waals surface area contributed by atoms with Gasteiger partial charge in [-0.25, -0.2) is 4.98 Å². The molecule has 1 aromatic rings. The lowest BCUT2D eigenvalue weighted by molar-refractivity contribution is -0.240. The lowest BCUT2D eigenvalue weighted by Crippen LogP contribution is -2.58. The average molecular weight is 384 g/mol. The highest BCUT2D eigenvalue weighted by atomic mass is 32.1. The van der Waals surface area contributed by atoms with E-state index >= 15 is 0 Å². The summed E-state index contributed by atoms with van der Waals surface area (Å²) in [7, 11) is 0. The number of nitrogens with one attached hydrogen (secondary N) is 1. The van der Waals surface area contributed by atoms with Crippen LogP contribution in [0, 0.1) is 0 Å². The van der Waals surface area contributed by atoms with E-state index in [2.05, 4.69) is 10.3 Å². The van der Waals surface area contributed by atoms with E-state index in [4.69, 9.17) is 23.7 Å². The molecular formula is C17H24N2O6S. The van der Waals surface area contributed by atoms with Gasteiger partial charge >= 0.3 is 0 Å². The van der Waals surface area contributed by atoms with Crippen LogP contribution in [-0.4, -0.2) is 53.2 Å². The molecule has 9 heteroatoms. The van der Waals surface area contributed by atoms with Gasteiger partial charge in [0.1, 0.15) is 35.5 Å². The van der Waals surface area contributed by atoms with Gasteiger partial charge in [-0.3, -0.25) is 4.79 Å². The van der Waals surface area contributed by atoms with E-state index in [0.717, 1.165) is 5.01 Å². The summed E-state index contributed by atoms with van der Waals surface area (Å²) >= 11 is 1.45. The van der Waals surface area contributed by atoms with E-state index in [0.29, 0.717) is 0 Å². The highest BCUT2D eigenvalue weighted by Gasteiger charge is 2.62. The van der Waals surface area contributed by atoms with Gasteiger partial charge in [-0.2, -0.15) is 0 Å². The molecule has 3 fully saturated rings. The fraction of sp³-hybridized carbons (Fsp3) is 0.765. The van der Waals surface area contributed by atoms with E-state index in [9.17, 15) is 4.79 Å². The van der Waals surface area contributed by atoms with E-state index in [1.165, 1.54) is 18.3 Å². The fourth-order valence-corrected chi connectivity index (χ4v) is 4.52. The quantitative estimate of drug-likeness (QED) is 0.849. The molecule has 8 nitrogen and oxygen atoms in total. The molecule has 4 rings (SSSR count). The molecule has 3 saturated heterocycles. The second kappa shape index (κ2) is 6.22. The SMILES string of the molecule is CC(=O)N[C@@H](c1nccs1)[C@H]1O[C@H]2OC(C)(C)O[C@@H]2[C@H]2OC(C)(C)O[C@H]21. The molecule has 3 aliphatic rings. The number of hydrogen-bond acceptors (Lipinski definition) is 8. The number of thiazole rings is 1. The maximum absolute atomic E-state index is 11.8. The Labute approximate surface area is 156 Å². The molecule has 26 heavy (non-hydrogen) atoms. The van der Waals surface area contributed by atoms with Gasteiger partial charge in [0.2, 0.25) is 5.91 Å². The Balaban J connectivity index is 1.69. The lowest BCUT2D eigenvalue weighted by atomic mass is 9.94. The van der Waals surface area contributed by atoms with Crippen molar-refractivity contribution in [1.82, 2.24) is 10.3 Å². The van der Waals surface area contributed by atoms with Gasteiger partial charge in [0.05, 0.1) is 0 Å². The van der Waals surface area contributed by atoms with Crippen LogP contribution in [0.1, 0.15) is 45.7 Å².